The summed E-state index contributed by atoms with van der Waals surface area (Å²) < 4.78 is 10.6. The van der Waals surface area contributed by atoms with Gasteiger partial charge in [0.2, 0.25) is 5.89 Å². The zero-order valence-electron chi connectivity index (χ0n) is 10.4. The van der Waals surface area contributed by atoms with Crippen LogP contribution < -0.4 is 0 Å². The van der Waals surface area contributed by atoms with Crippen molar-refractivity contribution < 1.29 is 4.42 Å². The second-order valence-electron chi connectivity index (χ2n) is 3.79. The van der Waals surface area contributed by atoms with Gasteiger partial charge in [-0.05, 0) is 23.7 Å². The molecule has 0 spiro atoms. The van der Waals surface area contributed by atoms with Gasteiger partial charge in [-0.2, -0.15) is 4.37 Å². The van der Waals surface area contributed by atoms with Gasteiger partial charge in [0.25, 0.3) is 5.22 Å². The van der Waals surface area contributed by atoms with Gasteiger partial charge in [0.05, 0.1) is 10.6 Å². The topological polar surface area (TPSA) is 64.7 Å². The molecule has 102 valence electrons. The van der Waals surface area contributed by atoms with Crippen LogP contribution in [0, 0.1) is 0 Å². The Kier molecular flexibility index (Phi) is 4.00. The van der Waals surface area contributed by atoms with Crippen LogP contribution in [0.2, 0.25) is 5.02 Å². The molecule has 3 aromatic rings. The molecule has 1 aromatic carbocycles. The minimum Gasteiger partial charge on any atom is -0.411 e. The van der Waals surface area contributed by atoms with E-state index >= 15 is 0 Å². The Labute approximate surface area is 128 Å². The Balaban J connectivity index is 1.82. The molecule has 5 nitrogen and oxygen atoms in total. The number of aryl methyl sites for hydroxylation is 1. The highest BCUT2D eigenvalue weighted by molar-refractivity contribution is 8.00. The molecule has 0 unspecified atom stereocenters. The third kappa shape index (κ3) is 2.84. The van der Waals surface area contributed by atoms with Crippen molar-refractivity contribution in [1.82, 2.24) is 19.6 Å². The maximum atomic E-state index is 6.10. The maximum Gasteiger partial charge on any atom is 0.284 e. The van der Waals surface area contributed by atoms with E-state index in [0.717, 1.165) is 22.1 Å². The maximum absolute atomic E-state index is 6.10. The van der Waals surface area contributed by atoms with Gasteiger partial charge in [0.15, 0.2) is 4.34 Å². The van der Waals surface area contributed by atoms with E-state index in [1.165, 1.54) is 23.3 Å². The predicted octanol–water partition coefficient (Wildman–Crippen LogP) is 3.96. The summed E-state index contributed by atoms with van der Waals surface area (Å²) in [7, 11) is 0. The van der Waals surface area contributed by atoms with E-state index in [9.17, 15) is 0 Å². The third-order valence-corrected chi connectivity index (χ3v) is 4.41. The lowest BCUT2D eigenvalue weighted by atomic mass is 10.2. The quantitative estimate of drug-likeness (QED) is 0.724. The van der Waals surface area contributed by atoms with Gasteiger partial charge in [0.1, 0.15) is 5.82 Å². The monoisotopic (exact) mass is 324 g/mol. The molecule has 20 heavy (non-hydrogen) atoms. The van der Waals surface area contributed by atoms with Crippen LogP contribution in [0.1, 0.15) is 12.7 Å². The lowest BCUT2D eigenvalue weighted by Gasteiger charge is -1.96. The van der Waals surface area contributed by atoms with E-state index in [1.54, 1.807) is 6.07 Å². The Morgan fingerprint density at radius 2 is 2.15 bits per heavy atom. The van der Waals surface area contributed by atoms with Crippen molar-refractivity contribution in [3.8, 4) is 11.5 Å². The number of hydrogen-bond donors (Lipinski definition) is 0. The number of benzene rings is 1. The van der Waals surface area contributed by atoms with Gasteiger partial charge in [0, 0.05) is 18.2 Å². The standard InChI is InChI=1S/C12H9ClN4OS2/c1-2-9-14-12(20-17-9)19-11-16-15-10(18-11)7-5-3-4-6-8(7)13/h3-6H,2H2,1H3. The van der Waals surface area contributed by atoms with Gasteiger partial charge in [-0.1, -0.05) is 30.7 Å². The van der Waals surface area contributed by atoms with E-state index in [-0.39, 0.29) is 0 Å². The molecule has 3 rings (SSSR count). The molecule has 0 saturated heterocycles. The van der Waals surface area contributed by atoms with Crippen molar-refractivity contribution >= 4 is 34.9 Å². The van der Waals surface area contributed by atoms with Crippen molar-refractivity contribution in [2.75, 3.05) is 0 Å². The molecule has 0 fully saturated rings. The summed E-state index contributed by atoms with van der Waals surface area (Å²) in [6, 6.07) is 7.35. The van der Waals surface area contributed by atoms with E-state index in [2.05, 4.69) is 19.6 Å². The lowest BCUT2D eigenvalue weighted by molar-refractivity contribution is 0.466. The van der Waals surface area contributed by atoms with Crippen LogP contribution in [-0.2, 0) is 6.42 Å². The normalized spacial score (nSPS) is 10.9. The zero-order valence-corrected chi connectivity index (χ0v) is 12.8. The molecule has 0 amide bonds. The first kappa shape index (κ1) is 13.5. The molecule has 0 radical (unpaired) electrons. The van der Waals surface area contributed by atoms with Crippen LogP contribution in [0.3, 0.4) is 0 Å². The van der Waals surface area contributed by atoms with Crippen molar-refractivity contribution in [2.24, 2.45) is 0 Å². The zero-order chi connectivity index (χ0) is 13.9. The summed E-state index contributed by atoms with van der Waals surface area (Å²) in [5.41, 5.74) is 0.722. The van der Waals surface area contributed by atoms with Crippen molar-refractivity contribution in [1.29, 1.82) is 0 Å². The summed E-state index contributed by atoms with van der Waals surface area (Å²) in [6.45, 7) is 2.01. The third-order valence-electron chi connectivity index (χ3n) is 2.45. The van der Waals surface area contributed by atoms with E-state index in [0.29, 0.717) is 16.1 Å². The molecule has 2 aromatic heterocycles. The van der Waals surface area contributed by atoms with Gasteiger partial charge in [-0.3, -0.25) is 0 Å². The molecule has 0 atom stereocenters. The first-order valence-corrected chi connectivity index (χ1v) is 7.82. The Morgan fingerprint density at radius 3 is 2.90 bits per heavy atom. The highest BCUT2D eigenvalue weighted by Gasteiger charge is 2.14. The van der Waals surface area contributed by atoms with E-state index in [4.69, 9.17) is 16.0 Å². The van der Waals surface area contributed by atoms with E-state index in [1.807, 2.05) is 25.1 Å². The molecular weight excluding hydrogens is 316 g/mol. The number of nitrogens with zero attached hydrogens (tertiary/aromatic N) is 4. The van der Waals surface area contributed by atoms with Crippen LogP contribution in [0.5, 0.6) is 0 Å². The van der Waals surface area contributed by atoms with Crippen LogP contribution in [0.25, 0.3) is 11.5 Å². The summed E-state index contributed by atoms with van der Waals surface area (Å²) in [4.78, 5) is 4.34. The van der Waals surface area contributed by atoms with Gasteiger partial charge < -0.3 is 4.42 Å². The average Bonchev–Trinajstić information content (AvgIpc) is 3.09. The van der Waals surface area contributed by atoms with Crippen molar-refractivity contribution in [2.45, 2.75) is 22.9 Å². The van der Waals surface area contributed by atoms with Crippen molar-refractivity contribution in [3.05, 3.63) is 35.1 Å². The summed E-state index contributed by atoms with van der Waals surface area (Å²) >= 11 is 8.73. The summed E-state index contributed by atoms with van der Waals surface area (Å²) in [5, 5.41) is 9.01. The highest BCUT2D eigenvalue weighted by Crippen LogP contribution is 2.32. The first-order valence-electron chi connectivity index (χ1n) is 5.85. The molecule has 0 aliphatic carbocycles. The fourth-order valence-electron chi connectivity index (χ4n) is 1.49. The second-order valence-corrected chi connectivity index (χ2v) is 6.14. The minimum atomic E-state index is 0.401. The number of halogens is 1. The van der Waals surface area contributed by atoms with Crippen molar-refractivity contribution in [3.63, 3.8) is 0 Å². The second kappa shape index (κ2) is 5.90. The Morgan fingerprint density at radius 1 is 1.30 bits per heavy atom. The van der Waals surface area contributed by atoms with Crippen LogP contribution in [-0.4, -0.2) is 19.6 Å². The average molecular weight is 325 g/mol. The molecular formula is C12H9ClN4OS2. The molecule has 0 saturated carbocycles. The summed E-state index contributed by atoms with van der Waals surface area (Å²) in [5.74, 6) is 1.22. The largest absolute Gasteiger partial charge is 0.411 e. The Bertz CT molecular complexity index is 728. The van der Waals surface area contributed by atoms with Crippen LogP contribution in [0.4, 0.5) is 0 Å². The number of aromatic nitrogens is 4. The Hall–Kier alpha value is -1.44. The SMILES string of the molecule is CCc1nsc(Sc2nnc(-c3ccccc3Cl)o2)n1. The molecule has 0 aliphatic heterocycles. The fourth-order valence-corrected chi connectivity index (χ4v) is 3.19. The molecule has 0 aliphatic rings. The molecule has 2 heterocycles. The van der Waals surface area contributed by atoms with Gasteiger partial charge in [-0.25, -0.2) is 4.98 Å². The smallest absolute Gasteiger partial charge is 0.284 e. The van der Waals surface area contributed by atoms with Gasteiger partial charge in [-0.15, -0.1) is 10.2 Å². The number of hydrogen-bond acceptors (Lipinski definition) is 7. The minimum absolute atomic E-state index is 0.401. The highest BCUT2D eigenvalue weighted by atomic mass is 35.5. The number of rotatable bonds is 4. The van der Waals surface area contributed by atoms with Crippen LogP contribution >= 0.6 is 34.9 Å². The van der Waals surface area contributed by atoms with Crippen LogP contribution in [0.15, 0.2) is 38.2 Å². The predicted molar refractivity (Wildman–Crippen MR) is 78.2 cm³/mol. The van der Waals surface area contributed by atoms with Gasteiger partial charge >= 0.3 is 0 Å². The lowest BCUT2D eigenvalue weighted by Crippen LogP contribution is -1.80. The molecule has 0 bridgehead atoms. The molecule has 8 heteroatoms. The van der Waals surface area contributed by atoms with E-state index < -0.39 is 0 Å². The molecule has 0 N–H and O–H groups in total. The summed E-state index contributed by atoms with van der Waals surface area (Å²) in [6.07, 6.45) is 0.811. The first-order chi connectivity index (χ1) is 9.76. The fraction of sp³-hybridized carbons (Fsp3) is 0.167.